The van der Waals surface area contributed by atoms with E-state index in [-0.39, 0.29) is 11.4 Å². The molecule has 0 fully saturated rings. The summed E-state index contributed by atoms with van der Waals surface area (Å²) in [6, 6.07) is 8.14. The molecule has 0 atom stereocenters. The van der Waals surface area contributed by atoms with E-state index in [1.807, 2.05) is 0 Å². The van der Waals surface area contributed by atoms with Crippen molar-refractivity contribution in [3.8, 4) is 6.07 Å². The molecule has 0 radical (unpaired) electrons. The lowest BCUT2D eigenvalue weighted by atomic mass is 10.2. The molecule has 1 rings (SSSR count). The van der Waals surface area contributed by atoms with Crippen molar-refractivity contribution in [3.63, 3.8) is 0 Å². The van der Waals surface area contributed by atoms with Crippen LogP contribution in [0.3, 0.4) is 0 Å². The van der Waals surface area contributed by atoms with Crippen molar-refractivity contribution in [2.24, 2.45) is 0 Å². The third-order valence-corrected chi connectivity index (χ3v) is 3.56. The number of sulfonamides is 1. The van der Waals surface area contributed by atoms with Crippen LogP contribution in [-0.4, -0.2) is 20.8 Å². The van der Waals surface area contributed by atoms with Crippen LogP contribution in [0.2, 0.25) is 0 Å². The first-order valence-electron chi connectivity index (χ1n) is 4.61. The monoisotopic (exact) mass is 258 g/mol. The van der Waals surface area contributed by atoms with Gasteiger partial charge in [-0.3, -0.25) is 0 Å². The molecule has 1 aromatic rings. The number of alkyl halides is 1. The Morgan fingerprint density at radius 1 is 1.31 bits per heavy atom. The van der Waals surface area contributed by atoms with Gasteiger partial charge in [0.05, 0.1) is 17.5 Å². The maximum absolute atomic E-state index is 11.6. The van der Waals surface area contributed by atoms with Gasteiger partial charge in [0, 0.05) is 5.88 Å². The Morgan fingerprint density at radius 2 is 1.94 bits per heavy atom. The van der Waals surface area contributed by atoms with Crippen molar-refractivity contribution >= 4 is 21.6 Å². The molecule has 0 bridgehead atoms. The third-order valence-electron chi connectivity index (χ3n) is 1.96. The summed E-state index contributed by atoms with van der Waals surface area (Å²) in [5.41, 5.74) is 0.981. The minimum absolute atomic E-state index is 0.154. The number of nitriles is 1. The fourth-order valence-electron chi connectivity index (χ4n) is 1.15. The predicted octanol–water partition coefficient (Wildman–Crippen LogP) is 1.27. The van der Waals surface area contributed by atoms with Crippen molar-refractivity contribution in [1.29, 1.82) is 5.26 Å². The molecule has 86 valence electrons. The molecule has 0 aromatic heterocycles. The van der Waals surface area contributed by atoms with Crippen LogP contribution in [0.15, 0.2) is 29.2 Å². The Labute approximate surface area is 99.9 Å². The molecule has 0 aliphatic carbocycles. The predicted molar refractivity (Wildman–Crippen MR) is 61.7 cm³/mol. The Kier molecular flexibility index (Phi) is 4.74. The van der Waals surface area contributed by atoms with Gasteiger partial charge >= 0.3 is 0 Å². The Hall–Kier alpha value is -1.09. The standard InChI is InChI=1S/C10H11ClN2O2S/c11-6-5-9-1-3-10(4-2-9)16(14,15)13-8-7-12/h1-4,13H,5-6,8H2. The lowest BCUT2D eigenvalue weighted by Crippen LogP contribution is -2.23. The number of nitrogens with zero attached hydrogens (tertiary/aromatic N) is 1. The van der Waals surface area contributed by atoms with Gasteiger partial charge in [0.15, 0.2) is 0 Å². The van der Waals surface area contributed by atoms with Crippen LogP contribution in [0.4, 0.5) is 0 Å². The normalized spacial score (nSPS) is 11.0. The number of benzene rings is 1. The lowest BCUT2D eigenvalue weighted by Gasteiger charge is -2.04. The first-order valence-corrected chi connectivity index (χ1v) is 6.63. The van der Waals surface area contributed by atoms with Gasteiger partial charge in [0.2, 0.25) is 10.0 Å². The van der Waals surface area contributed by atoms with E-state index in [0.29, 0.717) is 12.3 Å². The van der Waals surface area contributed by atoms with E-state index in [2.05, 4.69) is 4.72 Å². The summed E-state index contributed by atoms with van der Waals surface area (Å²) in [6.07, 6.45) is 0.702. The van der Waals surface area contributed by atoms with E-state index >= 15 is 0 Å². The zero-order valence-electron chi connectivity index (χ0n) is 8.48. The van der Waals surface area contributed by atoms with Gasteiger partial charge in [-0.05, 0) is 24.1 Å². The number of halogens is 1. The summed E-state index contributed by atoms with van der Waals surface area (Å²) in [4.78, 5) is 0.154. The average Bonchev–Trinajstić information content (AvgIpc) is 2.28. The molecule has 4 nitrogen and oxygen atoms in total. The summed E-state index contributed by atoms with van der Waals surface area (Å²) in [6.45, 7) is -0.230. The highest BCUT2D eigenvalue weighted by molar-refractivity contribution is 7.89. The van der Waals surface area contributed by atoms with Crippen LogP contribution >= 0.6 is 11.6 Å². The summed E-state index contributed by atoms with van der Waals surface area (Å²) in [5.74, 6) is 0.499. The van der Waals surface area contributed by atoms with Gasteiger partial charge in [-0.15, -0.1) is 11.6 Å². The van der Waals surface area contributed by atoms with Crippen molar-refractivity contribution in [2.75, 3.05) is 12.4 Å². The molecule has 1 aromatic carbocycles. The number of nitrogens with one attached hydrogen (secondary N) is 1. The van der Waals surface area contributed by atoms with E-state index in [0.717, 1.165) is 5.56 Å². The van der Waals surface area contributed by atoms with E-state index in [1.54, 1.807) is 18.2 Å². The van der Waals surface area contributed by atoms with Crippen molar-refractivity contribution < 1.29 is 8.42 Å². The highest BCUT2D eigenvalue weighted by atomic mass is 35.5. The zero-order chi connectivity index (χ0) is 12.0. The van der Waals surface area contributed by atoms with Crippen molar-refractivity contribution in [2.45, 2.75) is 11.3 Å². The fourth-order valence-corrected chi connectivity index (χ4v) is 2.29. The van der Waals surface area contributed by atoms with Gasteiger partial charge < -0.3 is 0 Å². The Bertz CT molecular complexity index is 477. The molecule has 0 amide bonds. The molecule has 0 spiro atoms. The number of hydrogen-bond acceptors (Lipinski definition) is 3. The molecule has 0 aliphatic rings. The lowest BCUT2D eigenvalue weighted by molar-refractivity contribution is 0.586. The van der Waals surface area contributed by atoms with Crippen LogP contribution in [-0.2, 0) is 16.4 Å². The van der Waals surface area contributed by atoms with Gasteiger partial charge in [-0.25, -0.2) is 8.42 Å². The number of aryl methyl sites for hydroxylation is 1. The quantitative estimate of drug-likeness (QED) is 0.639. The fraction of sp³-hybridized carbons (Fsp3) is 0.300. The molecular formula is C10H11ClN2O2S. The Morgan fingerprint density at radius 3 is 2.44 bits per heavy atom. The maximum Gasteiger partial charge on any atom is 0.241 e. The number of rotatable bonds is 5. The second-order valence-electron chi connectivity index (χ2n) is 3.07. The summed E-state index contributed by atoms with van der Waals surface area (Å²) in [5, 5.41) is 8.30. The molecule has 0 aliphatic heterocycles. The minimum atomic E-state index is -3.56. The highest BCUT2D eigenvalue weighted by Gasteiger charge is 2.12. The van der Waals surface area contributed by atoms with Crippen LogP contribution < -0.4 is 4.72 Å². The largest absolute Gasteiger partial charge is 0.241 e. The van der Waals surface area contributed by atoms with E-state index in [9.17, 15) is 8.42 Å². The first-order chi connectivity index (χ1) is 7.60. The van der Waals surface area contributed by atoms with Gasteiger partial charge in [0.1, 0.15) is 0 Å². The van der Waals surface area contributed by atoms with E-state index in [1.165, 1.54) is 12.1 Å². The molecule has 0 saturated heterocycles. The molecule has 0 unspecified atom stereocenters. The average molecular weight is 259 g/mol. The molecule has 6 heteroatoms. The minimum Gasteiger partial charge on any atom is -0.207 e. The second-order valence-corrected chi connectivity index (χ2v) is 5.21. The van der Waals surface area contributed by atoms with E-state index < -0.39 is 10.0 Å². The van der Waals surface area contributed by atoms with Crippen molar-refractivity contribution in [3.05, 3.63) is 29.8 Å². The summed E-state index contributed by atoms with van der Waals surface area (Å²) >= 11 is 5.57. The second kappa shape index (κ2) is 5.85. The molecular weight excluding hydrogens is 248 g/mol. The molecule has 16 heavy (non-hydrogen) atoms. The third kappa shape index (κ3) is 3.49. The number of hydrogen-bond donors (Lipinski definition) is 1. The van der Waals surface area contributed by atoms with Crippen LogP contribution in [0.5, 0.6) is 0 Å². The van der Waals surface area contributed by atoms with E-state index in [4.69, 9.17) is 16.9 Å². The summed E-state index contributed by atoms with van der Waals surface area (Å²) < 4.78 is 25.3. The topological polar surface area (TPSA) is 70.0 Å². The Balaban J connectivity index is 2.85. The van der Waals surface area contributed by atoms with Crippen LogP contribution in [0.1, 0.15) is 5.56 Å². The first kappa shape index (κ1) is 13.0. The zero-order valence-corrected chi connectivity index (χ0v) is 10.1. The van der Waals surface area contributed by atoms with Gasteiger partial charge in [-0.2, -0.15) is 9.98 Å². The van der Waals surface area contributed by atoms with Gasteiger partial charge in [0.25, 0.3) is 0 Å². The SMILES string of the molecule is N#CCNS(=O)(=O)c1ccc(CCCl)cc1. The van der Waals surface area contributed by atoms with Crippen LogP contribution in [0.25, 0.3) is 0 Å². The molecule has 1 N–H and O–H groups in total. The molecule has 0 heterocycles. The highest BCUT2D eigenvalue weighted by Crippen LogP contribution is 2.11. The maximum atomic E-state index is 11.6. The van der Waals surface area contributed by atoms with Crippen LogP contribution in [0, 0.1) is 11.3 Å². The van der Waals surface area contributed by atoms with Gasteiger partial charge in [-0.1, -0.05) is 12.1 Å². The van der Waals surface area contributed by atoms with Crippen molar-refractivity contribution in [1.82, 2.24) is 4.72 Å². The summed E-state index contributed by atoms with van der Waals surface area (Å²) in [7, 11) is -3.56. The molecule has 0 saturated carbocycles. The smallest absolute Gasteiger partial charge is 0.207 e.